The Labute approximate surface area is 209 Å². The molecule has 5 rings (SSSR count). The number of carbonyl (C=O) groups is 2. The number of aromatic nitrogens is 2. The van der Waals surface area contributed by atoms with Gasteiger partial charge in [-0.3, -0.25) is 0 Å². The number of halogens is 3. The molecule has 0 spiro atoms. The maximum Gasteiger partial charge on any atom is 0.341 e. The van der Waals surface area contributed by atoms with E-state index in [1.54, 1.807) is 18.4 Å². The zero-order chi connectivity index (χ0) is 26.4. The number of amides is 2. The summed E-state index contributed by atoms with van der Waals surface area (Å²) in [5.74, 6) is -3.05. The summed E-state index contributed by atoms with van der Waals surface area (Å²) in [4.78, 5) is 29.9. The summed E-state index contributed by atoms with van der Waals surface area (Å²) in [6.45, 7) is 3.64. The average Bonchev–Trinajstić information content (AvgIpc) is 3.41. The van der Waals surface area contributed by atoms with Gasteiger partial charge in [0.05, 0.1) is 30.9 Å². The van der Waals surface area contributed by atoms with Crippen molar-refractivity contribution in [1.29, 1.82) is 0 Å². The van der Waals surface area contributed by atoms with Gasteiger partial charge < -0.3 is 19.3 Å². The summed E-state index contributed by atoms with van der Waals surface area (Å²) in [7, 11) is 0. The van der Waals surface area contributed by atoms with E-state index in [1.165, 1.54) is 40.4 Å². The molecule has 1 fully saturated rings. The molecule has 2 amide bonds. The van der Waals surface area contributed by atoms with E-state index < -0.39 is 41.6 Å². The van der Waals surface area contributed by atoms with Crippen molar-refractivity contribution in [2.75, 3.05) is 13.1 Å². The van der Waals surface area contributed by atoms with Gasteiger partial charge in [0.25, 0.3) is 0 Å². The predicted octanol–water partition coefficient (Wildman–Crippen LogP) is 4.22. The first-order valence-corrected chi connectivity index (χ1v) is 11.4. The highest BCUT2D eigenvalue weighted by molar-refractivity contribution is 5.89. The Bertz CT molecular complexity index is 1410. The molecule has 4 heterocycles. The molecule has 9 nitrogen and oxygen atoms in total. The van der Waals surface area contributed by atoms with Crippen molar-refractivity contribution in [3.63, 3.8) is 0 Å². The quantitative estimate of drug-likeness (QED) is 0.551. The number of rotatable bonds is 5. The van der Waals surface area contributed by atoms with Gasteiger partial charge in [-0.2, -0.15) is 5.10 Å². The lowest BCUT2D eigenvalue weighted by Gasteiger charge is -2.41. The number of urea groups is 1. The maximum atomic E-state index is 14.5. The van der Waals surface area contributed by atoms with Gasteiger partial charge in [-0.15, -0.1) is 0 Å². The zero-order valence-corrected chi connectivity index (χ0v) is 19.9. The summed E-state index contributed by atoms with van der Waals surface area (Å²) in [6.07, 6.45) is 2.31. The number of pyridine rings is 1. The van der Waals surface area contributed by atoms with Crippen molar-refractivity contribution in [2.24, 2.45) is 5.10 Å². The Morgan fingerprint density at radius 3 is 2.41 bits per heavy atom. The van der Waals surface area contributed by atoms with Crippen LogP contribution in [0.1, 0.15) is 39.8 Å². The van der Waals surface area contributed by atoms with Crippen LogP contribution >= 0.6 is 0 Å². The Morgan fingerprint density at radius 2 is 1.76 bits per heavy atom. The molecule has 2 aliphatic heterocycles. The van der Waals surface area contributed by atoms with Crippen molar-refractivity contribution in [3.8, 4) is 11.6 Å². The molecule has 0 aliphatic carbocycles. The number of hydrogen-bond donors (Lipinski definition) is 1. The molecule has 0 bridgehead atoms. The number of benzene rings is 1. The normalized spacial score (nSPS) is 17.3. The minimum Gasteiger partial charge on any atom is -0.483 e. The second-order valence-electron chi connectivity index (χ2n) is 8.92. The summed E-state index contributed by atoms with van der Waals surface area (Å²) in [5, 5.41) is 14.6. The molecular formula is C25H22F3N5O4. The van der Waals surface area contributed by atoms with E-state index in [9.17, 15) is 27.9 Å². The van der Waals surface area contributed by atoms with E-state index in [4.69, 9.17) is 4.74 Å². The number of carboxylic acids is 1. The van der Waals surface area contributed by atoms with Crippen LogP contribution in [0.25, 0.3) is 5.82 Å². The van der Waals surface area contributed by atoms with Gasteiger partial charge in [-0.05, 0) is 37.6 Å². The molecule has 3 aromatic rings. The third kappa shape index (κ3) is 4.50. The third-order valence-corrected chi connectivity index (χ3v) is 6.40. The van der Waals surface area contributed by atoms with Crippen LogP contribution in [0.2, 0.25) is 0 Å². The van der Waals surface area contributed by atoms with Gasteiger partial charge >= 0.3 is 12.0 Å². The van der Waals surface area contributed by atoms with Gasteiger partial charge in [-0.1, -0.05) is 0 Å². The van der Waals surface area contributed by atoms with Crippen LogP contribution in [0.4, 0.5) is 18.0 Å². The fraction of sp³-hybridized carbons (Fsp3) is 0.280. The van der Waals surface area contributed by atoms with E-state index in [0.29, 0.717) is 29.2 Å². The van der Waals surface area contributed by atoms with Gasteiger partial charge in [0.1, 0.15) is 23.6 Å². The molecule has 1 N–H and O–H groups in total. The molecule has 192 valence electrons. The standard InChI is InChI=1S/C25H22F3N5O4/c1-13-5-19(24(34)35)14(2)32(13)23-9-22(20(28)10-29-23)37-18-11-31(12-18)25(36)33-21(3-4-30-33)15-6-16(26)8-17(27)7-15/h4-10,18,21H,3,11-12H2,1-2H3,(H,34,35). The SMILES string of the molecule is Cc1cc(C(=O)O)c(C)n1-c1cc(OC2CN(C(=O)N3N=CCC3c3cc(F)cc(F)c3)C2)c(F)cn1. The molecule has 1 atom stereocenters. The molecule has 0 radical (unpaired) electrons. The van der Waals surface area contributed by atoms with E-state index >= 15 is 0 Å². The molecule has 1 unspecified atom stereocenters. The summed E-state index contributed by atoms with van der Waals surface area (Å²) >= 11 is 0. The lowest BCUT2D eigenvalue weighted by Crippen LogP contribution is -2.58. The lowest BCUT2D eigenvalue weighted by atomic mass is 10.0. The Hall–Kier alpha value is -4.35. The Morgan fingerprint density at radius 1 is 1.05 bits per heavy atom. The molecule has 1 saturated heterocycles. The second kappa shape index (κ2) is 9.26. The molecule has 37 heavy (non-hydrogen) atoms. The highest BCUT2D eigenvalue weighted by atomic mass is 19.1. The highest BCUT2D eigenvalue weighted by Gasteiger charge is 2.39. The minimum absolute atomic E-state index is 0.0845. The minimum atomic E-state index is -1.08. The van der Waals surface area contributed by atoms with Crippen LogP contribution in [0.5, 0.6) is 5.75 Å². The van der Waals surface area contributed by atoms with E-state index in [0.717, 1.165) is 12.3 Å². The van der Waals surface area contributed by atoms with Gasteiger partial charge in [0, 0.05) is 36.2 Å². The number of carbonyl (C=O) groups excluding carboxylic acids is 1. The van der Waals surface area contributed by atoms with Crippen molar-refractivity contribution >= 4 is 18.2 Å². The number of ether oxygens (including phenoxy) is 1. The first-order valence-electron chi connectivity index (χ1n) is 11.4. The topological polar surface area (TPSA) is 100 Å². The molecule has 12 heteroatoms. The zero-order valence-electron chi connectivity index (χ0n) is 19.9. The molecule has 0 saturated carbocycles. The molecule has 1 aromatic carbocycles. The van der Waals surface area contributed by atoms with Crippen LogP contribution in [-0.2, 0) is 0 Å². The van der Waals surface area contributed by atoms with Crippen LogP contribution in [0.3, 0.4) is 0 Å². The van der Waals surface area contributed by atoms with Crippen molar-refractivity contribution < 1.29 is 32.6 Å². The largest absolute Gasteiger partial charge is 0.483 e. The summed E-state index contributed by atoms with van der Waals surface area (Å²) < 4.78 is 49.2. The number of aromatic carboxylic acids is 1. The van der Waals surface area contributed by atoms with Gasteiger partial charge in [0.15, 0.2) is 11.6 Å². The van der Waals surface area contributed by atoms with Crippen LogP contribution in [-0.4, -0.2) is 62.0 Å². The Kier molecular flexibility index (Phi) is 6.10. The summed E-state index contributed by atoms with van der Waals surface area (Å²) in [6, 6.07) is 4.89. The first kappa shape index (κ1) is 24.3. The number of hydrogen-bond acceptors (Lipinski definition) is 5. The van der Waals surface area contributed by atoms with Gasteiger partial charge in [0.2, 0.25) is 0 Å². The number of hydrazone groups is 1. The average molecular weight is 513 g/mol. The van der Waals surface area contributed by atoms with Crippen LogP contribution < -0.4 is 4.74 Å². The van der Waals surface area contributed by atoms with Crippen molar-refractivity contribution in [2.45, 2.75) is 32.4 Å². The number of aryl methyl sites for hydroxylation is 1. The van der Waals surface area contributed by atoms with Crippen molar-refractivity contribution in [1.82, 2.24) is 19.5 Å². The predicted molar refractivity (Wildman–Crippen MR) is 125 cm³/mol. The fourth-order valence-corrected chi connectivity index (χ4v) is 4.59. The molecule has 2 aliphatic rings. The molecule has 2 aromatic heterocycles. The van der Waals surface area contributed by atoms with E-state index in [1.807, 2.05) is 0 Å². The second-order valence-corrected chi connectivity index (χ2v) is 8.92. The van der Waals surface area contributed by atoms with Gasteiger partial charge in [-0.25, -0.2) is 32.8 Å². The van der Waals surface area contributed by atoms with E-state index in [-0.39, 0.29) is 24.4 Å². The monoisotopic (exact) mass is 513 g/mol. The first-order chi connectivity index (χ1) is 17.6. The van der Waals surface area contributed by atoms with Crippen molar-refractivity contribution in [3.05, 3.63) is 76.5 Å². The third-order valence-electron chi connectivity index (χ3n) is 6.40. The Balaban J connectivity index is 1.27. The number of carboxylic acid groups (broad SMARTS) is 1. The summed E-state index contributed by atoms with van der Waals surface area (Å²) in [5.41, 5.74) is 1.46. The number of likely N-dealkylation sites (tertiary alicyclic amines) is 1. The molecular weight excluding hydrogens is 491 g/mol. The highest BCUT2D eigenvalue weighted by Crippen LogP contribution is 2.32. The van der Waals surface area contributed by atoms with Crippen LogP contribution in [0, 0.1) is 31.3 Å². The van der Waals surface area contributed by atoms with Crippen LogP contribution in [0.15, 0.2) is 41.6 Å². The number of nitrogens with zero attached hydrogens (tertiary/aromatic N) is 5. The lowest BCUT2D eigenvalue weighted by molar-refractivity contribution is 0.0256. The smallest absolute Gasteiger partial charge is 0.341 e. The maximum absolute atomic E-state index is 14.5. The fourth-order valence-electron chi connectivity index (χ4n) is 4.59. The van der Waals surface area contributed by atoms with E-state index in [2.05, 4.69) is 10.1 Å².